The molecule has 0 heterocycles. The average Bonchev–Trinajstić information content (AvgIpc) is 2.93. The van der Waals surface area contributed by atoms with Crippen molar-refractivity contribution in [3.05, 3.63) is 123 Å². The highest BCUT2D eigenvalue weighted by molar-refractivity contribution is 7.89. The Labute approximate surface area is 231 Å². The van der Waals surface area contributed by atoms with Crippen molar-refractivity contribution in [3.63, 3.8) is 0 Å². The molecular weight excluding hydrogens is 534 g/mol. The van der Waals surface area contributed by atoms with Crippen molar-refractivity contribution in [3.8, 4) is 11.1 Å². The molecule has 11 nitrogen and oxygen atoms in total. The van der Waals surface area contributed by atoms with E-state index in [2.05, 4.69) is 10.5 Å². The molecule has 0 unspecified atom stereocenters. The maximum atomic E-state index is 12.5. The van der Waals surface area contributed by atoms with Crippen LogP contribution >= 0.6 is 0 Å². The van der Waals surface area contributed by atoms with Gasteiger partial charge in [-0.05, 0) is 49.2 Å². The van der Waals surface area contributed by atoms with Gasteiger partial charge < -0.3 is 16.3 Å². The summed E-state index contributed by atoms with van der Waals surface area (Å²) >= 11 is 0. The number of hydrogen-bond donors (Lipinski definition) is 4. The first-order valence-electron chi connectivity index (χ1n) is 11.7. The van der Waals surface area contributed by atoms with E-state index in [1.165, 1.54) is 24.3 Å². The molecule has 206 valence electrons. The number of primary sulfonamides is 1. The van der Waals surface area contributed by atoms with E-state index in [1.54, 1.807) is 55.5 Å². The largest absolute Gasteiger partial charge is 0.409 e. The highest BCUT2D eigenvalue weighted by Gasteiger charge is 2.16. The first-order valence-corrected chi connectivity index (χ1v) is 13.3. The van der Waals surface area contributed by atoms with Gasteiger partial charge in [0.05, 0.1) is 9.82 Å². The number of sulfonamides is 1. The van der Waals surface area contributed by atoms with Gasteiger partial charge in [0.2, 0.25) is 10.0 Å². The third-order valence-corrected chi connectivity index (χ3v) is 6.71. The van der Waals surface area contributed by atoms with E-state index in [0.29, 0.717) is 22.4 Å². The summed E-state index contributed by atoms with van der Waals surface area (Å²) in [5, 5.41) is 30.1. The third kappa shape index (κ3) is 7.49. The van der Waals surface area contributed by atoms with Crippen LogP contribution in [-0.4, -0.2) is 30.3 Å². The molecule has 0 aliphatic heterocycles. The van der Waals surface area contributed by atoms with Crippen molar-refractivity contribution in [2.75, 3.05) is 5.32 Å². The lowest BCUT2D eigenvalue weighted by atomic mass is 10.0. The summed E-state index contributed by atoms with van der Waals surface area (Å²) in [5.41, 5.74) is 9.34. The Hall–Kier alpha value is -5.07. The van der Waals surface area contributed by atoms with Crippen LogP contribution in [0.3, 0.4) is 0 Å². The number of nitro groups is 1. The number of amidine groups is 1. The molecular formula is C28H27N5O6S. The van der Waals surface area contributed by atoms with E-state index in [4.69, 9.17) is 16.1 Å². The number of carbonyl (C=O) groups is 1. The monoisotopic (exact) mass is 561 g/mol. The number of benzene rings is 4. The number of nitrogens with two attached hydrogens (primary N) is 2. The van der Waals surface area contributed by atoms with E-state index in [1.807, 2.05) is 25.1 Å². The number of oxime groups is 1. The van der Waals surface area contributed by atoms with Gasteiger partial charge in [-0.15, -0.1) is 0 Å². The van der Waals surface area contributed by atoms with E-state index < -0.39 is 20.9 Å². The van der Waals surface area contributed by atoms with E-state index in [0.717, 1.165) is 11.1 Å². The lowest BCUT2D eigenvalue weighted by Crippen LogP contribution is -2.14. The Balaban J connectivity index is 0.000000336. The topological polar surface area (TPSA) is 191 Å². The zero-order valence-electron chi connectivity index (χ0n) is 21.6. The second kappa shape index (κ2) is 12.7. The van der Waals surface area contributed by atoms with Gasteiger partial charge in [-0.1, -0.05) is 65.3 Å². The first-order chi connectivity index (χ1) is 18.9. The van der Waals surface area contributed by atoms with Crippen molar-refractivity contribution >= 4 is 33.1 Å². The van der Waals surface area contributed by atoms with Crippen LogP contribution in [0.25, 0.3) is 11.1 Å². The van der Waals surface area contributed by atoms with Crippen LogP contribution in [0.5, 0.6) is 0 Å². The third-order valence-electron chi connectivity index (χ3n) is 5.75. The zero-order valence-corrected chi connectivity index (χ0v) is 22.4. The molecule has 0 radical (unpaired) electrons. The molecule has 0 aliphatic rings. The molecule has 40 heavy (non-hydrogen) atoms. The SMILES string of the molecule is Cc1ccc([N+](=O)[O-])cc1C(=O)Nc1ccc(-c2ccccc2S(N)(=O)=O)cc1.Cc1cccc(/C(N)=N/O)c1. The molecule has 0 spiro atoms. The number of carbonyl (C=O) groups excluding carboxylic acids is 1. The molecule has 4 aromatic rings. The van der Waals surface area contributed by atoms with Crippen molar-refractivity contribution < 1.29 is 23.3 Å². The minimum absolute atomic E-state index is 0.00371. The fraction of sp³-hybridized carbons (Fsp3) is 0.0714. The molecule has 6 N–H and O–H groups in total. The summed E-state index contributed by atoms with van der Waals surface area (Å²) in [6.07, 6.45) is 0. The molecule has 0 aliphatic carbocycles. The second-order valence-electron chi connectivity index (χ2n) is 8.68. The van der Waals surface area contributed by atoms with E-state index >= 15 is 0 Å². The Morgan fingerprint density at radius 1 is 0.950 bits per heavy atom. The number of aryl methyl sites for hydroxylation is 2. The Bertz CT molecular complexity index is 1690. The van der Waals surface area contributed by atoms with Crippen LogP contribution in [0.15, 0.2) is 101 Å². The highest BCUT2D eigenvalue weighted by Crippen LogP contribution is 2.28. The van der Waals surface area contributed by atoms with Crippen molar-refractivity contribution in [1.29, 1.82) is 0 Å². The summed E-state index contributed by atoms with van der Waals surface area (Å²) in [6, 6.07) is 24.4. The summed E-state index contributed by atoms with van der Waals surface area (Å²) in [6.45, 7) is 3.64. The standard InChI is InChI=1S/C20H17N3O5S.C8H10N2O/c1-13-6-11-16(23(25)26)12-18(13)20(24)22-15-9-7-14(8-10-15)17-4-2-3-5-19(17)29(21,27)28;1-6-3-2-4-7(5-6)8(9)10-11/h2-12H,1H3,(H,22,24)(H2,21,27,28);2-5,11H,1H3,(H2,9,10). The van der Waals surface area contributed by atoms with Crippen LogP contribution in [-0.2, 0) is 10.0 Å². The smallest absolute Gasteiger partial charge is 0.270 e. The molecule has 1 amide bonds. The number of non-ortho nitro benzene ring substituents is 1. The minimum atomic E-state index is -3.89. The number of nitro benzene ring substituents is 1. The molecule has 4 aromatic carbocycles. The quantitative estimate of drug-likeness (QED) is 0.0871. The Morgan fingerprint density at radius 2 is 1.62 bits per heavy atom. The average molecular weight is 562 g/mol. The van der Waals surface area contributed by atoms with Gasteiger partial charge >= 0.3 is 0 Å². The molecule has 0 atom stereocenters. The van der Waals surface area contributed by atoms with Gasteiger partial charge in [0.15, 0.2) is 5.84 Å². The van der Waals surface area contributed by atoms with Gasteiger partial charge in [-0.3, -0.25) is 14.9 Å². The number of rotatable bonds is 6. The summed E-state index contributed by atoms with van der Waals surface area (Å²) < 4.78 is 23.6. The number of nitrogens with one attached hydrogen (secondary N) is 1. The van der Waals surface area contributed by atoms with Crippen LogP contribution in [0, 0.1) is 24.0 Å². The normalized spacial score (nSPS) is 11.2. The van der Waals surface area contributed by atoms with Gasteiger partial charge in [-0.2, -0.15) is 0 Å². The number of anilines is 1. The van der Waals surface area contributed by atoms with Crippen LogP contribution in [0.1, 0.15) is 27.0 Å². The van der Waals surface area contributed by atoms with Crippen LogP contribution in [0.4, 0.5) is 11.4 Å². The number of nitrogens with zero attached hydrogens (tertiary/aromatic N) is 2. The molecule has 0 aromatic heterocycles. The first kappa shape index (κ1) is 29.5. The predicted octanol–water partition coefficient (Wildman–Crippen LogP) is 4.56. The maximum Gasteiger partial charge on any atom is 0.270 e. The van der Waals surface area contributed by atoms with E-state index in [9.17, 15) is 23.3 Å². The molecule has 0 saturated heterocycles. The molecule has 0 fully saturated rings. The predicted molar refractivity (Wildman–Crippen MR) is 153 cm³/mol. The zero-order chi connectivity index (χ0) is 29.4. The molecule has 4 rings (SSSR count). The Morgan fingerprint density at radius 3 is 2.23 bits per heavy atom. The van der Waals surface area contributed by atoms with Crippen LogP contribution in [0.2, 0.25) is 0 Å². The highest BCUT2D eigenvalue weighted by atomic mass is 32.2. The van der Waals surface area contributed by atoms with Crippen molar-refractivity contribution in [2.24, 2.45) is 16.0 Å². The van der Waals surface area contributed by atoms with Gasteiger partial charge in [0.1, 0.15) is 0 Å². The second-order valence-corrected chi connectivity index (χ2v) is 10.2. The Kier molecular flexibility index (Phi) is 9.33. The summed E-state index contributed by atoms with van der Waals surface area (Å²) in [4.78, 5) is 22.9. The minimum Gasteiger partial charge on any atom is -0.409 e. The summed E-state index contributed by atoms with van der Waals surface area (Å²) in [5.74, 6) is -0.336. The molecule has 0 bridgehead atoms. The number of amides is 1. The van der Waals surface area contributed by atoms with Crippen LogP contribution < -0.4 is 16.2 Å². The van der Waals surface area contributed by atoms with Gasteiger partial charge in [-0.25, -0.2) is 13.6 Å². The van der Waals surface area contributed by atoms with Crippen molar-refractivity contribution in [1.82, 2.24) is 0 Å². The van der Waals surface area contributed by atoms with Gasteiger partial charge in [0, 0.05) is 34.5 Å². The lowest BCUT2D eigenvalue weighted by Gasteiger charge is -2.10. The maximum absolute atomic E-state index is 12.5. The summed E-state index contributed by atoms with van der Waals surface area (Å²) in [7, 11) is -3.89. The van der Waals surface area contributed by atoms with E-state index in [-0.39, 0.29) is 22.0 Å². The lowest BCUT2D eigenvalue weighted by molar-refractivity contribution is -0.384. The van der Waals surface area contributed by atoms with Crippen molar-refractivity contribution in [2.45, 2.75) is 18.7 Å². The number of hydrogen-bond acceptors (Lipinski definition) is 7. The fourth-order valence-corrected chi connectivity index (χ4v) is 4.48. The molecule has 12 heteroatoms. The fourth-order valence-electron chi connectivity index (χ4n) is 3.72. The van der Waals surface area contributed by atoms with Gasteiger partial charge in [0.25, 0.3) is 11.6 Å². The molecule has 0 saturated carbocycles.